The topological polar surface area (TPSA) is 75.6 Å². The molecule has 0 saturated heterocycles. The molecule has 1 aliphatic rings. The summed E-state index contributed by atoms with van der Waals surface area (Å²) in [6, 6.07) is 11.5. The smallest absolute Gasteiger partial charge is 0.446 e. The number of carboxylic acids is 1. The third-order valence-corrected chi connectivity index (χ3v) is 7.87. The summed E-state index contributed by atoms with van der Waals surface area (Å²) in [5, 5.41) is 13.4. The molecular formula is C31H31F4NO4S. The molecule has 1 amide bonds. The number of allylic oxidation sites excluding steroid dienone is 1. The number of benzene rings is 3. The summed E-state index contributed by atoms with van der Waals surface area (Å²) in [5.74, 6) is -1.37. The summed E-state index contributed by atoms with van der Waals surface area (Å²) < 4.78 is 57.9. The molecule has 5 nitrogen and oxygen atoms in total. The summed E-state index contributed by atoms with van der Waals surface area (Å²) in [6.45, 7) is 6.16. The first kappa shape index (κ1) is 30.4. The zero-order chi connectivity index (χ0) is 29.7. The molecule has 0 spiro atoms. The minimum Gasteiger partial charge on any atom is -0.487 e. The molecule has 41 heavy (non-hydrogen) atoms. The van der Waals surface area contributed by atoms with Gasteiger partial charge < -0.3 is 15.2 Å². The third kappa shape index (κ3) is 8.48. The van der Waals surface area contributed by atoms with Crippen molar-refractivity contribution >= 4 is 34.4 Å². The van der Waals surface area contributed by atoms with Crippen LogP contribution in [0.25, 0.3) is 10.8 Å². The molecule has 2 unspecified atom stereocenters. The number of carbonyl (C=O) groups excluding carboxylic acids is 1. The first-order chi connectivity index (χ1) is 19.4. The van der Waals surface area contributed by atoms with E-state index in [1.807, 2.05) is 0 Å². The van der Waals surface area contributed by atoms with Gasteiger partial charge in [0.25, 0.3) is 5.91 Å². The second kappa shape index (κ2) is 13.0. The number of hydrogen-bond acceptors (Lipinski definition) is 4. The van der Waals surface area contributed by atoms with Gasteiger partial charge in [0.2, 0.25) is 0 Å². The second-order valence-electron chi connectivity index (χ2n) is 10.6. The van der Waals surface area contributed by atoms with Crippen LogP contribution in [0.1, 0.15) is 54.9 Å². The second-order valence-corrected chi connectivity index (χ2v) is 11.7. The number of nitrogens with one attached hydrogen (secondary N) is 1. The van der Waals surface area contributed by atoms with E-state index in [0.29, 0.717) is 34.6 Å². The molecule has 1 fully saturated rings. The molecule has 4 rings (SSSR count). The summed E-state index contributed by atoms with van der Waals surface area (Å²) in [6.07, 6.45) is 3.68. The molecule has 0 aromatic heterocycles. The normalized spacial score (nSPS) is 18.2. The predicted molar refractivity (Wildman–Crippen MR) is 150 cm³/mol. The molecule has 2 N–H and O–H groups in total. The van der Waals surface area contributed by atoms with Crippen molar-refractivity contribution in [1.29, 1.82) is 0 Å². The van der Waals surface area contributed by atoms with Gasteiger partial charge in [-0.25, -0.2) is 9.18 Å². The highest BCUT2D eigenvalue weighted by atomic mass is 32.2. The molecule has 0 heterocycles. The Morgan fingerprint density at radius 3 is 2.51 bits per heavy atom. The molecular weight excluding hydrogens is 558 g/mol. The third-order valence-electron chi connectivity index (χ3n) is 7.13. The fraction of sp³-hybridized carbons (Fsp3) is 0.355. The molecule has 218 valence electrons. The number of ether oxygens (including phenoxy) is 1. The average molecular weight is 590 g/mol. The van der Waals surface area contributed by atoms with Gasteiger partial charge in [0, 0.05) is 10.3 Å². The number of carbonyl (C=O) groups is 2. The van der Waals surface area contributed by atoms with Crippen LogP contribution < -0.4 is 10.1 Å². The van der Waals surface area contributed by atoms with Crippen LogP contribution in [-0.4, -0.2) is 28.5 Å². The SMILES string of the molecule is C=C1CC(C)CC(CC[C@H](NC(=O)c2ccc3cc(F)ccc3c2OCc2ccc(SC(F)(F)F)cc2)C(=O)O)C1. The van der Waals surface area contributed by atoms with Crippen LogP contribution in [0.2, 0.25) is 0 Å². The molecule has 3 atom stereocenters. The van der Waals surface area contributed by atoms with Gasteiger partial charge >= 0.3 is 11.5 Å². The summed E-state index contributed by atoms with van der Waals surface area (Å²) in [7, 11) is 0. The van der Waals surface area contributed by atoms with Crippen molar-refractivity contribution in [2.45, 2.75) is 62.1 Å². The monoisotopic (exact) mass is 589 g/mol. The summed E-state index contributed by atoms with van der Waals surface area (Å²) in [5.41, 5.74) is -2.63. The van der Waals surface area contributed by atoms with Gasteiger partial charge in [-0.05, 0) is 103 Å². The van der Waals surface area contributed by atoms with Crippen LogP contribution in [-0.2, 0) is 11.4 Å². The fourth-order valence-corrected chi connectivity index (χ4v) is 5.92. The number of amides is 1. The van der Waals surface area contributed by atoms with Crippen molar-refractivity contribution in [1.82, 2.24) is 5.32 Å². The molecule has 3 aromatic carbocycles. The van der Waals surface area contributed by atoms with E-state index < -0.39 is 29.2 Å². The first-order valence-electron chi connectivity index (χ1n) is 13.3. The van der Waals surface area contributed by atoms with Crippen LogP contribution in [0.15, 0.2) is 71.6 Å². The summed E-state index contributed by atoms with van der Waals surface area (Å²) in [4.78, 5) is 25.5. The minimum atomic E-state index is -4.41. The molecule has 1 aliphatic carbocycles. The molecule has 0 aliphatic heterocycles. The van der Waals surface area contributed by atoms with E-state index in [2.05, 4.69) is 18.8 Å². The van der Waals surface area contributed by atoms with E-state index in [-0.39, 0.29) is 41.0 Å². The highest BCUT2D eigenvalue weighted by molar-refractivity contribution is 8.00. The first-order valence-corrected chi connectivity index (χ1v) is 14.1. The lowest BCUT2D eigenvalue weighted by molar-refractivity contribution is -0.139. The number of rotatable bonds is 10. The average Bonchev–Trinajstić information content (AvgIpc) is 2.88. The van der Waals surface area contributed by atoms with Crippen molar-refractivity contribution in [3.63, 3.8) is 0 Å². The van der Waals surface area contributed by atoms with Gasteiger partial charge in [-0.15, -0.1) is 0 Å². The Kier molecular flexibility index (Phi) is 9.63. The van der Waals surface area contributed by atoms with Crippen LogP contribution in [0.3, 0.4) is 0 Å². The molecule has 1 saturated carbocycles. The summed E-state index contributed by atoms with van der Waals surface area (Å²) >= 11 is -0.227. The Hall–Kier alpha value is -3.53. The number of hydrogen-bond donors (Lipinski definition) is 2. The lowest BCUT2D eigenvalue weighted by Crippen LogP contribution is -2.41. The van der Waals surface area contributed by atoms with E-state index in [0.717, 1.165) is 24.8 Å². The lowest BCUT2D eigenvalue weighted by atomic mass is 9.77. The van der Waals surface area contributed by atoms with Gasteiger partial charge in [-0.1, -0.05) is 37.3 Å². The highest BCUT2D eigenvalue weighted by Gasteiger charge is 2.29. The Morgan fingerprint density at radius 2 is 1.85 bits per heavy atom. The highest BCUT2D eigenvalue weighted by Crippen LogP contribution is 2.37. The van der Waals surface area contributed by atoms with Gasteiger partial charge in [0.1, 0.15) is 24.2 Å². The number of fused-ring (bicyclic) bond motifs is 1. The van der Waals surface area contributed by atoms with Gasteiger partial charge in [0.05, 0.1) is 5.56 Å². The predicted octanol–water partition coefficient (Wildman–Crippen LogP) is 8.13. The van der Waals surface area contributed by atoms with E-state index in [1.54, 1.807) is 6.07 Å². The Bertz CT molecular complexity index is 1420. The van der Waals surface area contributed by atoms with Crippen molar-refractivity contribution in [2.75, 3.05) is 0 Å². The Labute approximate surface area is 240 Å². The van der Waals surface area contributed by atoms with Gasteiger partial charge in [-0.2, -0.15) is 13.2 Å². The number of carboxylic acid groups (broad SMARTS) is 1. The number of alkyl halides is 3. The largest absolute Gasteiger partial charge is 0.487 e. The maximum Gasteiger partial charge on any atom is 0.446 e. The maximum absolute atomic E-state index is 13.9. The molecule has 3 aromatic rings. The van der Waals surface area contributed by atoms with E-state index in [1.165, 1.54) is 48.5 Å². The molecule has 0 radical (unpaired) electrons. The van der Waals surface area contributed by atoms with Crippen molar-refractivity contribution in [3.05, 3.63) is 83.7 Å². The number of aliphatic carboxylic acids is 1. The maximum atomic E-state index is 13.9. The molecule has 0 bridgehead atoms. The zero-order valence-electron chi connectivity index (χ0n) is 22.5. The van der Waals surface area contributed by atoms with Crippen molar-refractivity contribution in [2.24, 2.45) is 11.8 Å². The van der Waals surface area contributed by atoms with Crippen molar-refractivity contribution < 1.29 is 37.0 Å². The van der Waals surface area contributed by atoms with Crippen molar-refractivity contribution in [3.8, 4) is 5.75 Å². The van der Waals surface area contributed by atoms with Crippen LogP contribution >= 0.6 is 11.8 Å². The van der Waals surface area contributed by atoms with Gasteiger partial charge in [-0.3, -0.25) is 4.79 Å². The quantitative estimate of drug-likeness (QED) is 0.142. The lowest BCUT2D eigenvalue weighted by Gasteiger charge is -2.29. The Balaban J connectivity index is 1.53. The molecule has 10 heteroatoms. The van der Waals surface area contributed by atoms with Gasteiger partial charge in [0.15, 0.2) is 0 Å². The zero-order valence-corrected chi connectivity index (χ0v) is 23.3. The Morgan fingerprint density at radius 1 is 1.12 bits per heavy atom. The fourth-order valence-electron chi connectivity index (χ4n) is 5.39. The number of halogens is 4. The van der Waals surface area contributed by atoms with E-state index in [9.17, 15) is 32.3 Å². The minimum absolute atomic E-state index is 0.0219. The van der Waals surface area contributed by atoms with Crippen LogP contribution in [0.5, 0.6) is 5.75 Å². The standard InChI is InChI=1S/C31H31F4NO4S/c1-18-13-19(2)15-21(14-18)5-12-27(30(38)39)36-29(37)26-10-6-22-16-23(32)7-11-25(22)28(26)40-17-20-3-8-24(9-4-20)41-31(33,34)35/h3-4,6-11,16,19,21,27H,1,5,12-15,17H2,2H3,(H,36,37)(H,38,39)/t19?,21?,27-/m0/s1. The van der Waals surface area contributed by atoms with E-state index >= 15 is 0 Å². The van der Waals surface area contributed by atoms with E-state index in [4.69, 9.17) is 4.74 Å². The van der Waals surface area contributed by atoms with Crippen LogP contribution in [0, 0.1) is 17.7 Å². The number of thioether (sulfide) groups is 1. The van der Waals surface area contributed by atoms with Crippen LogP contribution in [0.4, 0.5) is 17.6 Å².